The molecule has 0 unspecified atom stereocenters. The second-order valence-electron chi connectivity index (χ2n) is 7.64. The van der Waals surface area contributed by atoms with Gasteiger partial charge in [-0.05, 0) is 61.5 Å². The number of methoxy groups -OCH3 is 1. The average molecular weight is 500 g/mol. The number of fused-ring (bicyclic) bond motifs is 1. The molecule has 0 spiro atoms. The Morgan fingerprint density at radius 1 is 1.06 bits per heavy atom. The molecule has 0 aliphatic rings. The van der Waals surface area contributed by atoms with Gasteiger partial charge >= 0.3 is 5.97 Å². The molecular formula is C25H22FNO7S. The quantitative estimate of drug-likeness (QED) is 0.340. The highest BCUT2D eigenvalue weighted by molar-refractivity contribution is 7.92. The minimum atomic E-state index is -3.61. The van der Waals surface area contributed by atoms with Crippen LogP contribution in [0.3, 0.4) is 0 Å². The van der Waals surface area contributed by atoms with Crippen molar-refractivity contribution in [2.75, 3.05) is 24.2 Å². The van der Waals surface area contributed by atoms with Crippen molar-refractivity contribution < 1.29 is 36.6 Å². The highest BCUT2D eigenvalue weighted by Gasteiger charge is 2.26. The largest absolute Gasteiger partial charge is 0.495 e. The second-order valence-corrected chi connectivity index (χ2v) is 9.55. The van der Waals surface area contributed by atoms with Gasteiger partial charge in [-0.3, -0.25) is 4.31 Å². The standard InChI is InChI=1S/C25H22FNO7S/c1-4-27(35(3,30)31)20-14-21-19(13-22(20)32-2)23(25(28)29)24(34-21)15-5-9-17(10-6-15)33-18-11-7-16(26)8-12-18/h5-14H,4H2,1-3H3,(H,28,29). The van der Waals surface area contributed by atoms with Crippen molar-refractivity contribution in [3.8, 4) is 28.6 Å². The maximum atomic E-state index is 13.1. The van der Waals surface area contributed by atoms with E-state index in [1.807, 2.05) is 0 Å². The highest BCUT2D eigenvalue weighted by Crippen LogP contribution is 2.41. The molecular weight excluding hydrogens is 477 g/mol. The number of furan rings is 1. The Hall–Kier alpha value is -4.05. The monoisotopic (exact) mass is 499 g/mol. The van der Waals surface area contributed by atoms with Gasteiger partial charge in [0.05, 0.1) is 19.1 Å². The van der Waals surface area contributed by atoms with Crippen molar-refractivity contribution in [1.29, 1.82) is 0 Å². The van der Waals surface area contributed by atoms with E-state index in [0.717, 1.165) is 10.6 Å². The molecule has 0 aliphatic heterocycles. The zero-order valence-corrected chi connectivity index (χ0v) is 19.9. The van der Waals surface area contributed by atoms with Gasteiger partial charge in [0.25, 0.3) is 0 Å². The molecule has 8 nitrogen and oxygen atoms in total. The molecule has 0 amide bonds. The fourth-order valence-corrected chi connectivity index (χ4v) is 4.75. The molecule has 1 aromatic heterocycles. The molecule has 0 bridgehead atoms. The van der Waals surface area contributed by atoms with Crippen molar-refractivity contribution in [3.63, 3.8) is 0 Å². The van der Waals surface area contributed by atoms with E-state index in [9.17, 15) is 22.7 Å². The SMILES string of the molecule is CCN(c1cc2oc(-c3ccc(Oc4ccc(F)cc4)cc3)c(C(=O)O)c2cc1OC)S(C)(=O)=O. The fourth-order valence-electron chi connectivity index (χ4n) is 3.78. The smallest absolute Gasteiger partial charge is 0.340 e. The summed E-state index contributed by atoms with van der Waals surface area (Å²) in [5.74, 6) is -0.387. The Morgan fingerprint density at radius 2 is 1.66 bits per heavy atom. The molecule has 0 aliphatic carbocycles. The molecule has 3 aromatic carbocycles. The van der Waals surface area contributed by atoms with Crippen LogP contribution in [-0.2, 0) is 10.0 Å². The van der Waals surface area contributed by atoms with Crippen LogP contribution in [-0.4, -0.2) is 39.4 Å². The number of sulfonamides is 1. The maximum absolute atomic E-state index is 13.1. The third kappa shape index (κ3) is 4.78. The Labute approximate surface area is 201 Å². The van der Waals surface area contributed by atoms with Crippen LogP contribution in [0.25, 0.3) is 22.3 Å². The number of hydrogen-bond donors (Lipinski definition) is 1. The number of carbonyl (C=O) groups is 1. The first-order chi connectivity index (χ1) is 16.6. The van der Waals surface area contributed by atoms with Crippen LogP contribution in [0.5, 0.6) is 17.2 Å². The Kier molecular flexibility index (Phi) is 6.40. The molecule has 1 heterocycles. The van der Waals surface area contributed by atoms with E-state index in [0.29, 0.717) is 17.1 Å². The number of carboxylic acids is 1. The maximum Gasteiger partial charge on any atom is 0.340 e. The van der Waals surface area contributed by atoms with Crippen LogP contribution in [0.4, 0.5) is 10.1 Å². The van der Waals surface area contributed by atoms with E-state index >= 15 is 0 Å². The first-order valence-electron chi connectivity index (χ1n) is 10.5. The van der Waals surface area contributed by atoms with Crippen LogP contribution < -0.4 is 13.8 Å². The Balaban J connectivity index is 1.79. The summed E-state index contributed by atoms with van der Waals surface area (Å²) < 4.78 is 55.8. The first kappa shape index (κ1) is 24.1. The van der Waals surface area contributed by atoms with Gasteiger partial charge in [-0.25, -0.2) is 17.6 Å². The number of ether oxygens (including phenoxy) is 2. The molecule has 4 aromatic rings. The van der Waals surface area contributed by atoms with E-state index in [-0.39, 0.29) is 46.1 Å². The Morgan fingerprint density at radius 3 is 2.17 bits per heavy atom. The Bertz CT molecular complexity index is 1490. The summed E-state index contributed by atoms with van der Waals surface area (Å²) in [6, 6.07) is 15.0. The van der Waals surface area contributed by atoms with Crippen molar-refractivity contribution >= 4 is 32.6 Å². The summed E-state index contributed by atoms with van der Waals surface area (Å²) in [7, 11) is -2.24. The van der Waals surface area contributed by atoms with Crippen LogP contribution in [0.2, 0.25) is 0 Å². The normalized spacial score (nSPS) is 11.4. The molecule has 4 rings (SSSR count). The number of benzene rings is 3. The lowest BCUT2D eigenvalue weighted by atomic mass is 10.0. The van der Waals surface area contributed by atoms with Crippen LogP contribution in [0, 0.1) is 5.82 Å². The highest BCUT2D eigenvalue weighted by atomic mass is 32.2. The summed E-state index contributed by atoms with van der Waals surface area (Å²) in [4.78, 5) is 12.2. The lowest BCUT2D eigenvalue weighted by molar-refractivity contribution is 0.0699. The van der Waals surface area contributed by atoms with Gasteiger partial charge < -0.3 is 19.0 Å². The molecule has 0 atom stereocenters. The third-order valence-electron chi connectivity index (χ3n) is 5.33. The number of carboxylic acid groups (broad SMARTS) is 1. The first-order valence-corrected chi connectivity index (χ1v) is 12.4. The molecule has 182 valence electrons. The van der Waals surface area contributed by atoms with Gasteiger partial charge in [-0.1, -0.05) is 0 Å². The number of nitrogens with zero attached hydrogens (tertiary/aromatic N) is 1. The molecule has 1 N–H and O–H groups in total. The van der Waals surface area contributed by atoms with E-state index in [1.54, 1.807) is 31.2 Å². The zero-order valence-electron chi connectivity index (χ0n) is 19.1. The summed E-state index contributed by atoms with van der Waals surface area (Å²) in [5, 5.41) is 10.2. The molecule has 35 heavy (non-hydrogen) atoms. The lowest BCUT2D eigenvalue weighted by Gasteiger charge is -2.22. The average Bonchev–Trinajstić information content (AvgIpc) is 3.18. The van der Waals surface area contributed by atoms with E-state index in [1.165, 1.54) is 43.5 Å². The van der Waals surface area contributed by atoms with Crippen LogP contribution in [0.1, 0.15) is 17.3 Å². The number of halogens is 1. The summed E-state index contributed by atoms with van der Waals surface area (Å²) in [6.45, 7) is 1.83. The van der Waals surface area contributed by atoms with Gasteiger partial charge in [-0.15, -0.1) is 0 Å². The van der Waals surface area contributed by atoms with Crippen molar-refractivity contribution in [2.45, 2.75) is 6.92 Å². The van der Waals surface area contributed by atoms with Crippen LogP contribution in [0.15, 0.2) is 65.1 Å². The van der Waals surface area contributed by atoms with Crippen LogP contribution >= 0.6 is 0 Å². The molecule has 0 saturated carbocycles. The molecule has 10 heteroatoms. The summed E-state index contributed by atoms with van der Waals surface area (Å²) in [6.07, 6.45) is 1.08. The van der Waals surface area contributed by atoms with Gasteiger partial charge in [0, 0.05) is 23.6 Å². The number of hydrogen-bond acceptors (Lipinski definition) is 6. The topological polar surface area (TPSA) is 106 Å². The minimum absolute atomic E-state index is 0.0838. The summed E-state index contributed by atoms with van der Waals surface area (Å²) >= 11 is 0. The van der Waals surface area contributed by atoms with Gasteiger partial charge in [-0.2, -0.15) is 0 Å². The van der Waals surface area contributed by atoms with E-state index in [2.05, 4.69) is 0 Å². The third-order valence-corrected chi connectivity index (χ3v) is 6.58. The fraction of sp³-hybridized carbons (Fsp3) is 0.160. The summed E-state index contributed by atoms with van der Waals surface area (Å²) in [5.41, 5.74) is 0.827. The number of aromatic carboxylic acids is 1. The minimum Gasteiger partial charge on any atom is -0.495 e. The van der Waals surface area contributed by atoms with Crippen molar-refractivity contribution in [1.82, 2.24) is 0 Å². The predicted molar refractivity (Wildman–Crippen MR) is 129 cm³/mol. The second kappa shape index (κ2) is 9.30. The van der Waals surface area contributed by atoms with E-state index in [4.69, 9.17) is 13.9 Å². The van der Waals surface area contributed by atoms with Gasteiger partial charge in [0.1, 0.15) is 40.0 Å². The molecule has 0 radical (unpaired) electrons. The van der Waals surface area contributed by atoms with Crippen molar-refractivity contribution in [3.05, 3.63) is 72.0 Å². The van der Waals surface area contributed by atoms with Gasteiger partial charge in [0.15, 0.2) is 0 Å². The molecule has 0 fully saturated rings. The van der Waals surface area contributed by atoms with Crippen molar-refractivity contribution in [2.24, 2.45) is 0 Å². The lowest BCUT2D eigenvalue weighted by Crippen LogP contribution is -2.29. The van der Waals surface area contributed by atoms with E-state index < -0.39 is 16.0 Å². The van der Waals surface area contributed by atoms with Gasteiger partial charge in [0.2, 0.25) is 10.0 Å². The number of rotatable bonds is 8. The number of anilines is 1. The zero-order chi connectivity index (χ0) is 25.3. The predicted octanol–water partition coefficient (Wildman–Crippen LogP) is 5.52. The molecule has 0 saturated heterocycles.